The molecule has 0 fully saturated rings. The van der Waals surface area contributed by atoms with Crippen LogP contribution in [0.4, 0.5) is 0 Å². The van der Waals surface area contributed by atoms with Crippen molar-refractivity contribution in [3.8, 4) is 5.75 Å². The first-order valence-corrected chi connectivity index (χ1v) is 6.57. The van der Waals surface area contributed by atoms with Crippen molar-refractivity contribution in [3.05, 3.63) is 47.3 Å². The minimum Gasteiger partial charge on any atom is -0.487 e. The van der Waals surface area contributed by atoms with E-state index in [2.05, 4.69) is 5.16 Å². The van der Waals surface area contributed by atoms with Gasteiger partial charge in [-0.3, -0.25) is 0 Å². The van der Waals surface area contributed by atoms with Gasteiger partial charge in [-0.2, -0.15) is 0 Å². The first-order chi connectivity index (χ1) is 9.74. The lowest BCUT2D eigenvalue weighted by Gasteiger charge is -2.14. The maximum atomic E-state index is 9.95. The quantitative estimate of drug-likeness (QED) is 0.843. The second kappa shape index (κ2) is 7.07. The molecule has 5 heteroatoms. The van der Waals surface area contributed by atoms with Crippen LogP contribution in [-0.4, -0.2) is 17.4 Å². The fraction of sp³-hybridized carbons (Fsp3) is 0.400. The van der Waals surface area contributed by atoms with E-state index in [4.69, 9.17) is 14.0 Å². The zero-order chi connectivity index (χ0) is 14.4. The molecule has 108 valence electrons. The fourth-order valence-electron chi connectivity index (χ4n) is 1.89. The highest BCUT2D eigenvalue weighted by atomic mass is 16.5. The van der Waals surface area contributed by atoms with Gasteiger partial charge in [-0.15, -0.1) is 0 Å². The zero-order valence-electron chi connectivity index (χ0n) is 11.7. The lowest BCUT2D eigenvalue weighted by atomic mass is 10.1. The van der Waals surface area contributed by atoms with Gasteiger partial charge in [0.15, 0.2) is 5.76 Å². The minimum atomic E-state index is -0.521. The maximum absolute atomic E-state index is 9.95. The van der Waals surface area contributed by atoms with E-state index in [1.54, 1.807) is 13.2 Å². The summed E-state index contributed by atoms with van der Waals surface area (Å²) in [6.45, 7) is 2.61. The third-order valence-electron chi connectivity index (χ3n) is 2.93. The number of benzene rings is 1. The molecule has 0 amide bonds. The summed E-state index contributed by atoms with van der Waals surface area (Å²) in [6.07, 6.45) is 0.120. The lowest BCUT2D eigenvalue weighted by Crippen LogP contribution is -2.02. The van der Waals surface area contributed by atoms with Crippen molar-refractivity contribution in [2.24, 2.45) is 0 Å². The number of para-hydroxylation sites is 1. The third kappa shape index (κ3) is 3.59. The Balaban J connectivity index is 2.02. The average Bonchev–Trinajstić information content (AvgIpc) is 2.93. The molecule has 2 aromatic rings. The van der Waals surface area contributed by atoms with E-state index in [9.17, 15) is 5.11 Å². The number of ether oxygens (including phenoxy) is 2. The molecule has 1 aromatic carbocycles. The molecule has 0 bridgehead atoms. The van der Waals surface area contributed by atoms with Crippen LogP contribution in [-0.2, 0) is 18.0 Å². The topological polar surface area (TPSA) is 64.7 Å². The highest BCUT2D eigenvalue weighted by Crippen LogP contribution is 2.27. The van der Waals surface area contributed by atoms with Crippen LogP contribution in [0, 0.1) is 0 Å². The molecule has 1 atom stereocenters. The van der Waals surface area contributed by atoms with Gasteiger partial charge in [0.2, 0.25) is 0 Å². The van der Waals surface area contributed by atoms with Crippen LogP contribution in [0.5, 0.6) is 5.75 Å². The number of aliphatic hydroxyl groups is 1. The van der Waals surface area contributed by atoms with Crippen molar-refractivity contribution in [1.82, 2.24) is 5.16 Å². The molecule has 0 radical (unpaired) electrons. The second-order valence-corrected chi connectivity index (χ2v) is 4.47. The van der Waals surface area contributed by atoms with Crippen molar-refractivity contribution in [2.75, 3.05) is 7.11 Å². The van der Waals surface area contributed by atoms with E-state index in [1.807, 2.05) is 31.2 Å². The van der Waals surface area contributed by atoms with Gasteiger partial charge in [-0.25, -0.2) is 0 Å². The normalized spacial score (nSPS) is 12.3. The number of hydrogen-bond donors (Lipinski definition) is 1. The summed E-state index contributed by atoms with van der Waals surface area (Å²) < 4.78 is 15.8. The molecule has 1 heterocycles. The third-order valence-corrected chi connectivity index (χ3v) is 2.93. The molecule has 0 spiro atoms. The van der Waals surface area contributed by atoms with Crippen molar-refractivity contribution in [1.29, 1.82) is 0 Å². The van der Waals surface area contributed by atoms with Gasteiger partial charge < -0.3 is 19.1 Å². The van der Waals surface area contributed by atoms with E-state index in [0.29, 0.717) is 36.8 Å². The molecule has 0 aliphatic carbocycles. The van der Waals surface area contributed by atoms with E-state index < -0.39 is 6.10 Å². The summed E-state index contributed by atoms with van der Waals surface area (Å²) in [7, 11) is 1.60. The number of methoxy groups -OCH3 is 1. The molecular weight excluding hydrogens is 258 g/mol. The molecule has 1 N–H and O–H groups in total. The zero-order valence-corrected chi connectivity index (χ0v) is 11.7. The summed E-state index contributed by atoms with van der Waals surface area (Å²) in [4.78, 5) is 0. The van der Waals surface area contributed by atoms with Crippen LogP contribution in [0.15, 0.2) is 34.9 Å². The van der Waals surface area contributed by atoms with Gasteiger partial charge >= 0.3 is 0 Å². The summed E-state index contributed by atoms with van der Waals surface area (Å²) in [5, 5.41) is 13.9. The Kier molecular flexibility index (Phi) is 5.15. The summed E-state index contributed by atoms with van der Waals surface area (Å²) in [5.74, 6) is 1.33. The molecule has 1 aromatic heterocycles. The van der Waals surface area contributed by atoms with Crippen LogP contribution in [0.3, 0.4) is 0 Å². The molecule has 20 heavy (non-hydrogen) atoms. The smallest absolute Gasteiger partial charge is 0.162 e. The molecular formula is C15H19NO4. The molecule has 0 saturated carbocycles. The predicted octanol–water partition coefficient (Wildman–Crippen LogP) is 2.84. The molecule has 0 saturated heterocycles. The highest BCUT2D eigenvalue weighted by molar-refractivity contribution is 5.35. The second-order valence-electron chi connectivity index (χ2n) is 4.47. The van der Waals surface area contributed by atoms with Gasteiger partial charge in [-0.05, 0) is 12.5 Å². The standard InChI is InChI=1S/C15H19NO4/c1-3-14(17)13-6-4-5-7-15(13)19-9-11-8-12(10-18-2)20-16-11/h4-8,14,17H,3,9-10H2,1-2H3/t14-/m0/s1. The van der Waals surface area contributed by atoms with Gasteiger partial charge in [-0.1, -0.05) is 30.3 Å². The fourth-order valence-corrected chi connectivity index (χ4v) is 1.89. The Labute approximate surface area is 118 Å². The molecule has 2 rings (SSSR count). The van der Waals surface area contributed by atoms with E-state index in [0.717, 1.165) is 5.56 Å². The van der Waals surface area contributed by atoms with E-state index in [-0.39, 0.29) is 0 Å². The average molecular weight is 277 g/mol. The number of aliphatic hydroxyl groups excluding tert-OH is 1. The monoisotopic (exact) mass is 277 g/mol. The summed E-state index contributed by atoms with van der Waals surface area (Å²) in [5.41, 5.74) is 1.48. The largest absolute Gasteiger partial charge is 0.487 e. The van der Waals surface area contributed by atoms with E-state index in [1.165, 1.54) is 0 Å². The number of rotatable bonds is 7. The van der Waals surface area contributed by atoms with Crippen molar-refractivity contribution in [3.63, 3.8) is 0 Å². The summed E-state index contributed by atoms with van der Waals surface area (Å²) >= 11 is 0. The number of nitrogens with zero attached hydrogens (tertiary/aromatic N) is 1. The Hall–Kier alpha value is -1.85. The number of aromatic nitrogens is 1. The van der Waals surface area contributed by atoms with Crippen LogP contribution in [0.1, 0.15) is 36.5 Å². The van der Waals surface area contributed by atoms with Crippen LogP contribution >= 0.6 is 0 Å². The Morgan fingerprint density at radius 3 is 2.85 bits per heavy atom. The SMILES string of the molecule is CC[C@H](O)c1ccccc1OCc1cc(COC)on1. The molecule has 0 aliphatic rings. The first-order valence-electron chi connectivity index (χ1n) is 6.57. The van der Waals surface area contributed by atoms with Crippen molar-refractivity contribution in [2.45, 2.75) is 32.7 Å². The highest BCUT2D eigenvalue weighted by Gasteiger charge is 2.12. The van der Waals surface area contributed by atoms with E-state index >= 15 is 0 Å². The number of hydrogen-bond acceptors (Lipinski definition) is 5. The molecule has 5 nitrogen and oxygen atoms in total. The maximum Gasteiger partial charge on any atom is 0.162 e. The molecule has 0 aliphatic heterocycles. The van der Waals surface area contributed by atoms with Crippen LogP contribution in [0.2, 0.25) is 0 Å². The van der Waals surface area contributed by atoms with Gasteiger partial charge in [0, 0.05) is 18.7 Å². The first kappa shape index (κ1) is 14.6. The Morgan fingerprint density at radius 2 is 2.10 bits per heavy atom. The van der Waals surface area contributed by atoms with Gasteiger partial charge in [0.1, 0.15) is 24.7 Å². The Morgan fingerprint density at radius 1 is 1.30 bits per heavy atom. The predicted molar refractivity (Wildman–Crippen MR) is 73.2 cm³/mol. The van der Waals surface area contributed by atoms with Crippen LogP contribution in [0.25, 0.3) is 0 Å². The van der Waals surface area contributed by atoms with Crippen LogP contribution < -0.4 is 4.74 Å². The lowest BCUT2D eigenvalue weighted by molar-refractivity contribution is 0.155. The summed E-state index contributed by atoms with van der Waals surface area (Å²) in [6, 6.07) is 9.25. The minimum absolute atomic E-state index is 0.292. The van der Waals surface area contributed by atoms with Gasteiger partial charge in [0.25, 0.3) is 0 Å². The van der Waals surface area contributed by atoms with Gasteiger partial charge in [0.05, 0.1) is 6.10 Å². The van der Waals surface area contributed by atoms with Crippen molar-refractivity contribution >= 4 is 0 Å². The molecule has 0 unspecified atom stereocenters. The van der Waals surface area contributed by atoms with Crippen molar-refractivity contribution < 1.29 is 19.1 Å². The Bertz CT molecular complexity index is 538.